The first-order chi connectivity index (χ1) is 13.4. The van der Waals surface area contributed by atoms with Crippen LogP contribution in [0.5, 0.6) is 11.5 Å². The summed E-state index contributed by atoms with van der Waals surface area (Å²) in [5.41, 5.74) is 0. The van der Waals surface area contributed by atoms with E-state index in [1.54, 1.807) is 36.4 Å². The molecule has 0 spiro atoms. The molecular formula is C18H18Cl4N4O2. The van der Waals surface area contributed by atoms with Crippen molar-refractivity contribution in [3.63, 3.8) is 0 Å². The number of aliphatic hydroxyl groups excluding tert-OH is 1. The Morgan fingerprint density at radius 3 is 2.04 bits per heavy atom. The highest BCUT2D eigenvalue weighted by Crippen LogP contribution is 2.35. The number of aromatic amines is 1. The van der Waals surface area contributed by atoms with E-state index in [1.807, 2.05) is 6.92 Å². The topological polar surface area (TPSA) is 83.1 Å². The number of nitrogens with one attached hydrogen (secondary N) is 2. The van der Waals surface area contributed by atoms with E-state index >= 15 is 0 Å². The second-order valence-corrected chi connectivity index (χ2v) is 7.20. The van der Waals surface area contributed by atoms with Gasteiger partial charge in [-0.05, 0) is 43.3 Å². The molecule has 0 aliphatic rings. The van der Waals surface area contributed by atoms with Gasteiger partial charge >= 0.3 is 0 Å². The van der Waals surface area contributed by atoms with Gasteiger partial charge in [-0.25, -0.2) is 4.98 Å². The van der Waals surface area contributed by atoms with Crippen molar-refractivity contribution in [2.24, 2.45) is 0 Å². The first kappa shape index (κ1) is 22.7. The highest BCUT2D eigenvalue weighted by atomic mass is 35.5. The summed E-state index contributed by atoms with van der Waals surface area (Å²) in [6.07, 6.45) is 1.53. The van der Waals surface area contributed by atoms with Crippen LogP contribution in [0.3, 0.4) is 0 Å². The van der Waals surface area contributed by atoms with E-state index in [4.69, 9.17) is 56.2 Å². The van der Waals surface area contributed by atoms with E-state index < -0.39 is 0 Å². The van der Waals surface area contributed by atoms with Gasteiger partial charge in [-0.2, -0.15) is 5.10 Å². The molecule has 2 aromatic carbocycles. The van der Waals surface area contributed by atoms with Crippen LogP contribution in [0.25, 0.3) is 0 Å². The van der Waals surface area contributed by atoms with E-state index in [9.17, 15) is 0 Å². The minimum atomic E-state index is 0.0911. The smallest absolute Gasteiger partial charge is 0.166 e. The summed E-state index contributed by atoms with van der Waals surface area (Å²) < 4.78 is 5.57. The van der Waals surface area contributed by atoms with Gasteiger partial charge in [-0.3, -0.25) is 5.10 Å². The predicted molar refractivity (Wildman–Crippen MR) is 113 cm³/mol. The van der Waals surface area contributed by atoms with Gasteiger partial charge in [0, 0.05) is 16.6 Å². The van der Waals surface area contributed by atoms with Crippen LogP contribution >= 0.6 is 46.4 Å². The molecule has 0 aliphatic heterocycles. The van der Waals surface area contributed by atoms with Crippen LogP contribution in [-0.2, 0) is 0 Å². The molecule has 0 saturated heterocycles. The zero-order valence-corrected chi connectivity index (χ0v) is 17.8. The molecule has 150 valence electrons. The van der Waals surface area contributed by atoms with Gasteiger partial charge in [-0.1, -0.05) is 46.4 Å². The van der Waals surface area contributed by atoms with Crippen LogP contribution < -0.4 is 10.1 Å². The third kappa shape index (κ3) is 7.13. The first-order valence-corrected chi connectivity index (χ1v) is 9.69. The standard InChI is InChI=1S/C12H6Cl4O.C6H12N4O/c13-7-1-3-11(9(15)5-7)17-12-4-2-8(14)6-10(12)16;1-5(7-2-3-11)6-8-4-9-10-6/h1-6H;4-5,7,11H,2-3H2,1H3,(H,8,9,10). The van der Waals surface area contributed by atoms with Gasteiger partial charge in [0.1, 0.15) is 17.8 Å². The van der Waals surface area contributed by atoms with Crippen LogP contribution in [-0.4, -0.2) is 33.4 Å². The fourth-order valence-corrected chi connectivity index (χ4v) is 2.93. The summed E-state index contributed by atoms with van der Waals surface area (Å²) in [5.74, 6) is 1.69. The van der Waals surface area contributed by atoms with Crippen molar-refractivity contribution in [3.05, 3.63) is 68.6 Å². The number of H-pyrrole nitrogens is 1. The number of nitrogens with zero attached hydrogens (tertiary/aromatic N) is 2. The number of aliphatic hydroxyl groups is 1. The molecule has 1 heterocycles. The maximum absolute atomic E-state index is 8.50. The monoisotopic (exact) mass is 462 g/mol. The lowest BCUT2D eigenvalue weighted by Gasteiger charge is -2.09. The zero-order chi connectivity index (χ0) is 20.5. The van der Waals surface area contributed by atoms with Gasteiger partial charge in [0.05, 0.1) is 22.7 Å². The Hall–Kier alpha value is -1.54. The largest absolute Gasteiger partial charge is 0.454 e. The minimum Gasteiger partial charge on any atom is -0.454 e. The van der Waals surface area contributed by atoms with E-state index in [0.717, 1.165) is 5.82 Å². The first-order valence-electron chi connectivity index (χ1n) is 8.18. The Balaban J connectivity index is 0.000000221. The number of rotatable bonds is 6. The number of ether oxygens (including phenoxy) is 1. The van der Waals surface area contributed by atoms with Crippen LogP contribution in [0.2, 0.25) is 20.1 Å². The summed E-state index contributed by atoms with van der Waals surface area (Å²) in [7, 11) is 0. The minimum absolute atomic E-state index is 0.0911. The molecule has 0 bridgehead atoms. The second kappa shape index (κ2) is 11.5. The van der Waals surface area contributed by atoms with Crippen LogP contribution in [0.1, 0.15) is 18.8 Å². The van der Waals surface area contributed by atoms with Crippen molar-refractivity contribution < 1.29 is 9.84 Å². The molecule has 0 aliphatic carbocycles. The normalized spacial score (nSPS) is 11.5. The Morgan fingerprint density at radius 1 is 1.04 bits per heavy atom. The average molecular weight is 464 g/mol. The SMILES string of the molecule is CC(NCCO)c1nc[nH]n1.Clc1ccc(Oc2ccc(Cl)cc2Cl)c(Cl)c1. The summed E-state index contributed by atoms with van der Waals surface area (Å²) in [4.78, 5) is 3.96. The van der Waals surface area contributed by atoms with Crippen molar-refractivity contribution in [2.45, 2.75) is 13.0 Å². The lowest BCUT2D eigenvalue weighted by molar-refractivity contribution is 0.285. The number of benzene rings is 2. The molecular weight excluding hydrogens is 446 g/mol. The molecule has 1 atom stereocenters. The lowest BCUT2D eigenvalue weighted by atomic mass is 10.3. The molecule has 3 N–H and O–H groups in total. The van der Waals surface area contributed by atoms with Crippen molar-refractivity contribution in [1.82, 2.24) is 20.5 Å². The van der Waals surface area contributed by atoms with Crippen LogP contribution in [0.4, 0.5) is 0 Å². The maximum Gasteiger partial charge on any atom is 0.166 e. The molecule has 0 radical (unpaired) electrons. The highest BCUT2D eigenvalue weighted by molar-refractivity contribution is 6.36. The zero-order valence-electron chi connectivity index (χ0n) is 14.8. The van der Waals surface area contributed by atoms with E-state index in [2.05, 4.69) is 20.5 Å². The Labute approximate surface area is 182 Å². The molecule has 0 fully saturated rings. The lowest BCUT2D eigenvalue weighted by Crippen LogP contribution is -2.22. The van der Waals surface area contributed by atoms with Gasteiger partial charge in [-0.15, -0.1) is 0 Å². The van der Waals surface area contributed by atoms with E-state index in [0.29, 0.717) is 38.1 Å². The van der Waals surface area contributed by atoms with Gasteiger partial charge < -0.3 is 15.2 Å². The van der Waals surface area contributed by atoms with Crippen LogP contribution in [0, 0.1) is 0 Å². The summed E-state index contributed by atoms with van der Waals surface area (Å²) in [6, 6.07) is 10.0. The third-order valence-corrected chi connectivity index (χ3v) is 4.45. The molecule has 1 aromatic heterocycles. The average Bonchev–Trinajstić information content (AvgIpc) is 3.19. The van der Waals surface area contributed by atoms with E-state index in [1.165, 1.54) is 6.33 Å². The van der Waals surface area contributed by atoms with E-state index in [-0.39, 0.29) is 12.6 Å². The fourth-order valence-electron chi connectivity index (χ4n) is 2.03. The quantitative estimate of drug-likeness (QED) is 0.447. The molecule has 28 heavy (non-hydrogen) atoms. The molecule has 1 unspecified atom stereocenters. The number of hydrogen-bond donors (Lipinski definition) is 3. The molecule has 0 amide bonds. The number of hydrogen-bond acceptors (Lipinski definition) is 5. The summed E-state index contributed by atoms with van der Waals surface area (Å²) in [5, 5.41) is 20.0. The summed E-state index contributed by atoms with van der Waals surface area (Å²) in [6.45, 7) is 2.64. The highest BCUT2D eigenvalue weighted by Gasteiger charge is 2.08. The number of halogens is 4. The Morgan fingerprint density at radius 2 is 1.61 bits per heavy atom. The van der Waals surface area contributed by atoms with Crippen molar-refractivity contribution in [3.8, 4) is 11.5 Å². The molecule has 10 heteroatoms. The van der Waals surface area contributed by atoms with Crippen molar-refractivity contribution >= 4 is 46.4 Å². The third-order valence-electron chi connectivity index (χ3n) is 3.39. The second-order valence-electron chi connectivity index (χ2n) is 5.51. The molecule has 0 saturated carbocycles. The maximum atomic E-state index is 8.50. The van der Waals surface area contributed by atoms with Crippen molar-refractivity contribution in [2.75, 3.05) is 13.2 Å². The molecule has 6 nitrogen and oxygen atoms in total. The van der Waals surface area contributed by atoms with Crippen molar-refractivity contribution in [1.29, 1.82) is 0 Å². The number of aromatic nitrogens is 3. The Kier molecular flexibility index (Phi) is 9.31. The van der Waals surface area contributed by atoms with Gasteiger partial charge in [0.25, 0.3) is 0 Å². The van der Waals surface area contributed by atoms with Gasteiger partial charge in [0.15, 0.2) is 5.82 Å². The van der Waals surface area contributed by atoms with Gasteiger partial charge in [0.2, 0.25) is 0 Å². The predicted octanol–water partition coefficient (Wildman–Crippen LogP) is 5.54. The fraction of sp³-hybridized carbons (Fsp3) is 0.222. The van der Waals surface area contributed by atoms with Crippen LogP contribution in [0.15, 0.2) is 42.7 Å². The Bertz CT molecular complexity index is 829. The molecule has 3 aromatic rings. The summed E-state index contributed by atoms with van der Waals surface area (Å²) >= 11 is 23.5. The molecule has 3 rings (SSSR count).